The fourth-order valence-electron chi connectivity index (χ4n) is 0.527. The zero-order valence-electron chi connectivity index (χ0n) is 7.45. The predicted octanol–water partition coefficient (Wildman–Crippen LogP) is 3.67. The maximum atomic E-state index is 11.4. The van der Waals surface area contributed by atoms with Gasteiger partial charge in [0.2, 0.25) is 0 Å². The van der Waals surface area contributed by atoms with Crippen LogP contribution in [-0.2, 0) is 13.6 Å². The highest BCUT2D eigenvalue weighted by Crippen LogP contribution is 2.56. The average Bonchev–Trinajstić information content (AvgIpc) is 2.05. The van der Waals surface area contributed by atoms with E-state index in [2.05, 4.69) is 28.6 Å². The van der Waals surface area contributed by atoms with Gasteiger partial charge in [0.05, 0.1) is 13.2 Å². The van der Waals surface area contributed by atoms with Crippen molar-refractivity contribution in [2.24, 2.45) is 0 Å². The van der Waals surface area contributed by atoms with Gasteiger partial charge in [-0.1, -0.05) is 12.2 Å². The van der Waals surface area contributed by atoms with Crippen LogP contribution in [0.25, 0.3) is 0 Å². The Morgan fingerprint density at radius 2 is 1.54 bits per heavy atom. The summed E-state index contributed by atoms with van der Waals surface area (Å²) in [5.41, 5.74) is 0. The molecule has 13 heavy (non-hydrogen) atoms. The predicted molar refractivity (Wildman–Crippen MR) is 58.1 cm³/mol. The summed E-state index contributed by atoms with van der Waals surface area (Å²) in [6.45, 7) is 7.73. The lowest BCUT2D eigenvalue weighted by Gasteiger charge is -2.10. The maximum Gasteiger partial charge on any atom is 0.396 e. The van der Waals surface area contributed by atoms with Crippen molar-refractivity contribution in [3.63, 3.8) is 0 Å². The third kappa shape index (κ3) is 8.44. The lowest BCUT2D eigenvalue weighted by atomic mass is 10.5. The van der Waals surface area contributed by atoms with Crippen molar-refractivity contribution in [1.82, 2.24) is 0 Å². The van der Waals surface area contributed by atoms with E-state index in [0.717, 1.165) is 0 Å². The van der Waals surface area contributed by atoms with Crippen molar-refractivity contribution in [3.05, 3.63) is 25.3 Å². The monoisotopic (exact) mass is 268 g/mol. The Balaban J connectivity index is 3.59. The minimum absolute atomic E-state index is 0.347. The topological polar surface area (TPSA) is 35.5 Å². The van der Waals surface area contributed by atoms with E-state index in [0.29, 0.717) is 26.1 Å². The van der Waals surface area contributed by atoms with E-state index in [-0.39, 0.29) is 0 Å². The van der Waals surface area contributed by atoms with Gasteiger partial charge in [0.25, 0.3) is 0 Å². The van der Waals surface area contributed by atoms with Gasteiger partial charge in [-0.25, -0.2) is 4.57 Å². The van der Waals surface area contributed by atoms with Crippen LogP contribution in [-0.4, -0.2) is 13.2 Å². The van der Waals surface area contributed by atoms with E-state index in [9.17, 15) is 4.57 Å². The molecule has 0 unspecified atom stereocenters. The fraction of sp³-hybridized carbons (Fsp3) is 0.500. The Labute approximate surface area is 87.1 Å². The summed E-state index contributed by atoms with van der Waals surface area (Å²) in [5, 5.41) is 0. The molecular weight excluding hydrogens is 255 g/mol. The highest BCUT2D eigenvalue weighted by molar-refractivity contribution is 9.39. The molecule has 0 fully saturated rings. The highest BCUT2D eigenvalue weighted by Gasteiger charge is 2.18. The zero-order valence-corrected chi connectivity index (χ0v) is 9.93. The number of rotatable bonds is 8. The van der Waals surface area contributed by atoms with Gasteiger partial charge in [0.1, 0.15) is 0 Å². The van der Waals surface area contributed by atoms with Crippen LogP contribution in [0.15, 0.2) is 25.3 Å². The molecule has 0 bridgehead atoms. The third-order valence-corrected chi connectivity index (χ3v) is 3.35. The van der Waals surface area contributed by atoms with Crippen molar-refractivity contribution in [2.75, 3.05) is 13.2 Å². The number of hydrogen-bond donors (Lipinski definition) is 0. The Bertz CT molecular complexity index is 188. The second-order valence-corrected chi connectivity index (χ2v) is 6.24. The van der Waals surface area contributed by atoms with E-state index in [1.54, 1.807) is 12.2 Å². The normalized spacial score (nSPS) is 11.2. The summed E-state index contributed by atoms with van der Waals surface area (Å²) >= 11 is 2.88. The van der Waals surface area contributed by atoms with Crippen molar-refractivity contribution < 1.29 is 13.6 Å². The number of hydrogen-bond acceptors (Lipinski definition) is 3. The Kier molecular flexibility index (Phi) is 7.57. The van der Waals surface area contributed by atoms with Crippen LogP contribution in [0.5, 0.6) is 0 Å². The van der Waals surface area contributed by atoms with E-state index in [1.165, 1.54) is 0 Å². The summed E-state index contributed by atoms with van der Waals surface area (Å²) in [6, 6.07) is 0. The smallest absolute Gasteiger partial charge is 0.300 e. The third-order valence-electron chi connectivity index (χ3n) is 1.13. The first-order valence-electron chi connectivity index (χ1n) is 3.93. The van der Waals surface area contributed by atoms with Gasteiger partial charge in [0, 0.05) is 15.5 Å². The van der Waals surface area contributed by atoms with Crippen molar-refractivity contribution in [3.8, 4) is 0 Å². The van der Waals surface area contributed by atoms with Gasteiger partial charge in [0.15, 0.2) is 0 Å². The van der Waals surface area contributed by atoms with Gasteiger partial charge in [-0.2, -0.15) is 0 Å². The summed E-state index contributed by atoms with van der Waals surface area (Å²) in [7, 11) is 0. The maximum absolute atomic E-state index is 11.4. The van der Waals surface area contributed by atoms with Crippen LogP contribution in [0.3, 0.4) is 0 Å². The largest absolute Gasteiger partial charge is 0.396 e. The molecule has 0 saturated carbocycles. The van der Waals surface area contributed by atoms with Crippen LogP contribution in [0.4, 0.5) is 0 Å². The molecule has 3 nitrogen and oxygen atoms in total. The molecule has 0 N–H and O–H groups in total. The van der Waals surface area contributed by atoms with E-state index in [4.69, 9.17) is 9.05 Å². The molecule has 0 aromatic rings. The van der Waals surface area contributed by atoms with Crippen LogP contribution in [0, 0.1) is 0 Å². The molecule has 0 aliphatic heterocycles. The molecule has 0 atom stereocenters. The molecule has 0 aromatic carbocycles. The first-order valence-corrected chi connectivity index (χ1v) is 7.49. The molecule has 0 aromatic heterocycles. The van der Waals surface area contributed by atoms with Crippen LogP contribution >= 0.6 is 21.8 Å². The molecule has 5 heteroatoms. The highest BCUT2D eigenvalue weighted by atomic mass is 79.9. The van der Waals surface area contributed by atoms with Crippen LogP contribution < -0.4 is 0 Å². The summed E-state index contributed by atoms with van der Waals surface area (Å²) in [4.78, 5) is 0. The Hall–Kier alpha value is 0.110. The Morgan fingerprint density at radius 3 is 1.85 bits per heavy atom. The van der Waals surface area contributed by atoms with Crippen LogP contribution in [0.2, 0.25) is 0 Å². The van der Waals surface area contributed by atoms with Crippen molar-refractivity contribution in [1.29, 1.82) is 0 Å². The van der Waals surface area contributed by atoms with Crippen LogP contribution in [0.1, 0.15) is 12.8 Å². The SMILES string of the molecule is C=CCCOP(=O)(Br)OCCC=C. The summed E-state index contributed by atoms with van der Waals surface area (Å²) in [6.07, 6.45) is 1.65. The molecule has 0 spiro atoms. The van der Waals surface area contributed by atoms with Gasteiger partial charge in [-0.3, -0.25) is 0 Å². The molecular formula is C8H14BrO3P. The molecule has 0 aliphatic rings. The molecule has 76 valence electrons. The lowest BCUT2D eigenvalue weighted by molar-refractivity contribution is 0.227. The van der Waals surface area contributed by atoms with Gasteiger partial charge >= 0.3 is 6.30 Å². The summed E-state index contributed by atoms with van der Waals surface area (Å²) < 4.78 is 21.3. The quantitative estimate of drug-likeness (QED) is 0.383. The standard InChI is InChI=1S/C8H14BrO3P/c1-3-5-7-11-13(9,10)12-8-6-4-2/h3-4H,1-2,5-8H2. The van der Waals surface area contributed by atoms with E-state index < -0.39 is 6.30 Å². The van der Waals surface area contributed by atoms with E-state index >= 15 is 0 Å². The second kappa shape index (κ2) is 7.51. The minimum atomic E-state index is -3.03. The molecule has 0 heterocycles. The fourth-order valence-corrected chi connectivity index (χ4v) is 2.12. The molecule has 0 radical (unpaired) electrons. The first-order chi connectivity index (χ1) is 6.12. The lowest BCUT2D eigenvalue weighted by Crippen LogP contribution is -1.93. The minimum Gasteiger partial charge on any atom is -0.300 e. The van der Waals surface area contributed by atoms with Crippen molar-refractivity contribution in [2.45, 2.75) is 12.8 Å². The molecule has 0 rings (SSSR count). The second-order valence-electron chi connectivity index (χ2n) is 2.25. The van der Waals surface area contributed by atoms with Gasteiger partial charge < -0.3 is 9.05 Å². The molecule has 0 saturated heterocycles. The molecule has 0 aliphatic carbocycles. The van der Waals surface area contributed by atoms with Crippen molar-refractivity contribution >= 4 is 21.8 Å². The first kappa shape index (κ1) is 13.1. The molecule has 0 amide bonds. The Morgan fingerprint density at radius 1 is 1.15 bits per heavy atom. The van der Waals surface area contributed by atoms with E-state index in [1.807, 2.05) is 0 Å². The van der Waals surface area contributed by atoms with Gasteiger partial charge in [-0.15, -0.1) is 13.2 Å². The van der Waals surface area contributed by atoms with Gasteiger partial charge in [-0.05, 0) is 12.8 Å². The zero-order chi connectivity index (χ0) is 10.2. The summed E-state index contributed by atoms with van der Waals surface area (Å²) in [5.74, 6) is 0. The number of halogens is 1. The average molecular weight is 269 g/mol.